The third kappa shape index (κ3) is 3.57. The van der Waals surface area contributed by atoms with E-state index in [1.807, 2.05) is 19.9 Å². The van der Waals surface area contributed by atoms with Crippen LogP contribution >= 0.6 is 0 Å². The predicted molar refractivity (Wildman–Crippen MR) is 78.7 cm³/mol. The lowest BCUT2D eigenvalue weighted by molar-refractivity contribution is -0.119. The van der Waals surface area contributed by atoms with Crippen molar-refractivity contribution in [2.45, 2.75) is 26.3 Å². The number of amides is 2. The molecule has 2 rings (SSSR count). The number of hydrogen-bond donors (Lipinski definition) is 3. The number of anilines is 1. The van der Waals surface area contributed by atoms with Crippen LogP contribution in [0.1, 0.15) is 30.6 Å². The highest BCUT2D eigenvalue weighted by Gasteiger charge is 2.23. The van der Waals surface area contributed by atoms with Crippen molar-refractivity contribution in [3.63, 3.8) is 0 Å². The Kier molecular flexibility index (Phi) is 4.74. The Morgan fingerprint density at radius 3 is 2.70 bits per heavy atom. The summed E-state index contributed by atoms with van der Waals surface area (Å²) in [7, 11) is 0. The van der Waals surface area contributed by atoms with E-state index in [1.54, 1.807) is 18.2 Å². The second-order valence-electron chi connectivity index (χ2n) is 5.35. The average molecular weight is 275 g/mol. The lowest BCUT2D eigenvalue weighted by Crippen LogP contribution is -2.31. The quantitative estimate of drug-likeness (QED) is 0.777. The highest BCUT2D eigenvalue weighted by atomic mass is 16.2. The van der Waals surface area contributed by atoms with Gasteiger partial charge in [0.25, 0.3) is 5.91 Å². The molecular weight excluding hydrogens is 254 g/mol. The van der Waals surface area contributed by atoms with Crippen LogP contribution in [0.4, 0.5) is 5.69 Å². The summed E-state index contributed by atoms with van der Waals surface area (Å²) in [6, 6.07) is 7.15. The fourth-order valence-corrected chi connectivity index (χ4v) is 2.24. The predicted octanol–water partition coefficient (Wildman–Crippen LogP) is 1.37. The van der Waals surface area contributed by atoms with Crippen molar-refractivity contribution in [1.29, 1.82) is 0 Å². The number of benzene rings is 1. The van der Waals surface area contributed by atoms with Gasteiger partial charge >= 0.3 is 0 Å². The van der Waals surface area contributed by atoms with Gasteiger partial charge in [0.2, 0.25) is 5.91 Å². The van der Waals surface area contributed by atoms with Gasteiger partial charge in [-0.25, -0.2) is 0 Å². The molecule has 1 aliphatic rings. The fraction of sp³-hybridized carbons (Fsp3) is 0.467. The molecule has 0 bridgehead atoms. The normalized spacial score (nSPS) is 18.1. The Balaban J connectivity index is 2.11. The second-order valence-corrected chi connectivity index (χ2v) is 5.35. The Morgan fingerprint density at radius 2 is 2.05 bits per heavy atom. The van der Waals surface area contributed by atoms with E-state index in [0.29, 0.717) is 17.8 Å². The summed E-state index contributed by atoms with van der Waals surface area (Å²) in [6.07, 6.45) is 0.839. The van der Waals surface area contributed by atoms with E-state index >= 15 is 0 Å². The van der Waals surface area contributed by atoms with Crippen LogP contribution < -0.4 is 16.0 Å². The molecule has 1 atom stereocenters. The summed E-state index contributed by atoms with van der Waals surface area (Å²) in [5.74, 6) is -0.212. The molecule has 1 aromatic rings. The first-order valence-corrected chi connectivity index (χ1v) is 6.99. The van der Waals surface area contributed by atoms with E-state index in [9.17, 15) is 9.59 Å². The zero-order valence-electron chi connectivity index (χ0n) is 11.9. The molecule has 20 heavy (non-hydrogen) atoms. The third-order valence-corrected chi connectivity index (χ3v) is 3.28. The lowest BCUT2D eigenvalue weighted by Gasteiger charge is -2.14. The van der Waals surface area contributed by atoms with Crippen LogP contribution in [0.3, 0.4) is 0 Å². The molecule has 0 aromatic heterocycles. The van der Waals surface area contributed by atoms with Crippen molar-refractivity contribution in [3.05, 3.63) is 29.8 Å². The van der Waals surface area contributed by atoms with Crippen LogP contribution in [0.5, 0.6) is 0 Å². The molecule has 5 nitrogen and oxygen atoms in total. The number of nitrogens with one attached hydrogen (secondary N) is 3. The van der Waals surface area contributed by atoms with Crippen LogP contribution in [-0.2, 0) is 4.79 Å². The first kappa shape index (κ1) is 14.5. The minimum atomic E-state index is -0.166. The van der Waals surface area contributed by atoms with Crippen molar-refractivity contribution < 1.29 is 9.59 Å². The molecular formula is C15H21N3O2. The minimum Gasteiger partial charge on any atom is -0.350 e. The molecule has 0 aliphatic carbocycles. The number of hydrogen-bond acceptors (Lipinski definition) is 3. The fourth-order valence-electron chi connectivity index (χ4n) is 2.24. The van der Waals surface area contributed by atoms with Gasteiger partial charge < -0.3 is 16.0 Å². The van der Waals surface area contributed by atoms with Gasteiger partial charge in [-0.2, -0.15) is 0 Å². The third-order valence-electron chi connectivity index (χ3n) is 3.28. The second kappa shape index (κ2) is 6.52. The van der Waals surface area contributed by atoms with E-state index in [1.165, 1.54) is 0 Å². The van der Waals surface area contributed by atoms with Gasteiger partial charge in [-0.1, -0.05) is 12.1 Å². The number of carbonyl (C=O) groups is 2. The van der Waals surface area contributed by atoms with Crippen LogP contribution in [0.25, 0.3) is 0 Å². The first-order valence-electron chi connectivity index (χ1n) is 6.99. The van der Waals surface area contributed by atoms with Gasteiger partial charge in [0.05, 0.1) is 17.2 Å². The zero-order valence-corrected chi connectivity index (χ0v) is 11.9. The van der Waals surface area contributed by atoms with E-state index in [0.717, 1.165) is 13.0 Å². The summed E-state index contributed by atoms with van der Waals surface area (Å²) < 4.78 is 0. The van der Waals surface area contributed by atoms with E-state index in [4.69, 9.17) is 0 Å². The van der Waals surface area contributed by atoms with Gasteiger partial charge in [-0.05, 0) is 38.9 Å². The summed E-state index contributed by atoms with van der Waals surface area (Å²) in [6.45, 7) is 5.38. The molecule has 5 heteroatoms. The molecule has 1 heterocycles. The maximum Gasteiger partial charge on any atom is 0.253 e. The standard InChI is InChI=1S/C15H21N3O2/c1-10(2)17-15(20)12-5-3-4-6-13(12)18-14(19)11-7-8-16-9-11/h3-6,10-11,16H,7-9H2,1-2H3,(H,17,20)(H,18,19). The van der Waals surface area contributed by atoms with Gasteiger partial charge in [-0.15, -0.1) is 0 Å². The van der Waals surface area contributed by atoms with Crippen molar-refractivity contribution in [2.75, 3.05) is 18.4 Å². The highest BCUT2D eigenvalue weighted by Crippen LogP contribution is 2.18. The molecule has 1 aromatic carbocycles. The van der Waals surface area contributed by atoms with Gasteiger partial charge in [0.15, 0.2) is 0 Å². The van der Waals surface area contributed by atoms with E-state index in [-0.39, 0.29) is 23.8 Å². The lowest BCUT2D eigenvalue weighted by atomic mass is 10.1. The number of para-hydroxylation sites is 1. The van der Waals surface area contributed by atoms with E-state index < -0.39 is 0 Å². The average Bonchev–Trinajstić information content (AvgIpc) is 2.92. The molecule has 3 N–H and O–H groups in total. The van der Waals surface area contributed by atoms with Crippen LogP contribution in [0, 0.1) is 5.92 Å². The van der Waals surface area contributed by atoms with Crippen LogP contribution in [-0.4, -0.2) is 30.9 Å². The van der Waals surface area contributed by atoms with Gasteiger partial charge in [0, 0.05) is 12.6 Å². The summed E-state index contributed by atoms with van der Waals surface area (Å²) in [4.78, 5) is 24.2. The summed E-state index contributed by atoms with van der Waals surface area (Å²) in [5.41, 5.74) is 1.07. The molecule has 0 radical (unpaired) electrons. The summed E-state index contributed by atoms with van der Waals surface area (Å²) >= 11 is 0. The van der Waals surface area contributed by atoms with Crippen molar-refractivity contribution in [1.82, 2.24) is 10.6 Å². The monoisotopic (exact) mass is 275 g/mol. The Labute approximate surface area is 119 Å². The minimum absolute atomic E-state index is 0.0174. The molecule has 0 spiro atoms. The zero-order chi connectivity index (χ0) is 14.5. The van der Waals surface area contributed by atoms with E-state index in [2.05, 4.69) is 16.0 Å². The maximum absolute atomic E-state index is 12.1. The van der Waals surface area contributed by atoms with Crippen molar-refractivity contribution in [2.24, 2.45) is 5.92 Å². The number of carbonyl (C=O) groups excluding carboxylic acids is 2. The van der Waals surface area contributed by atoms with Gasteiger partial charge in [-0.3, -0.25) is 9.59 Å². The van der Waals surface area contributed by atoms with Crippen LogP contribution in [0.15, 0.2) is 24.3 Å². The van der Waals surface area contributed by atoms with Crippen LogP contribution in [0.2, 0.25) is 0 Å². The first-order chi connectivity index (χ1) is 9.58. The Bertz CT molecular complexity index is 494. The molecule has 1 fully saturated rings. The molecule has 2 amide bonds. The molecule has 1 aliphatic heterocycles. The summed E-state index contributed by atoms with van der Waals surface area (Å²) in [5, 5.41) is 8.87. The van der Waals surface area contributed by atoms with Crippen molar-refractivity contribution >= 4 is 17.5 Å². The Morgan fingerprint density at radius 1 is 1.30 bits per heavy atom. The molecule has 108 valence electrons. The van der Waals surface area contributed by atoms with Gasteiger partial charge in [0.1, 0.15) is 0 Å². The molecule has 0 saturated carbocycles. The number of rotatable bonds is 4. The topological polar surface area (TPSA) is 70.2 Å². The largest absolute Gasteiger partial charge is 0.350 e. The maximum atomic E-state index is 12.1. The van der Waals surface area contributed by atoms with Crippen molar-refractivity contribution in [3.8, 4) is 0 Å². The molecule has 1 saturated heterocycles. The highest BCUT2D eigenvalue weighted by molar-refractivity contribution is 6.04. The SMILES string of the molecule is CC(C)NC(=O)c1ccccc1NC(=O)C1CCNC1. The smallest absolute Gasteiger partial charge is 0.253 e. The molecule has 1 unspecified atom stereocenters. The Hall–Kier alpha value is -1.88.